The summed E-state index contributed by atoms with van der Waals surface area (Å²) in [6.07, 6.45) is 2.05. The number of fused-ring (bicyclic) bond motifs is 1. The van der Waals surface area contributed by atoms with Gasteiger partial charge < -0.3 is 29.8 Å². The number of hydrogen-bond donors (Lipinski definition) is 3. The summed E-state index contributed by atoms with van der Waals surface area (Å²) < 4.78 is 24.4. The van der Waals surface area contributed by atoms with Gasteiger partial charge in [-0.1, -0.05) is 6.07 Å². The smallest absolute Gasteiger partial charge is 0.287 e. The molecule has 4 rings (SSSR count). The molecule has 1 aliphatic heterocycles. The number of piperidine rings is 1. The third kappa shape index (κ3) is 6.23. The number of carbonyl (C=O) groups excluding carboxylic acids is 1. The number of aliphatic hydroxyl groups is 1. The van der Waals surface area contributed by atoms with E-state index in [1.165, 1.54) is 30.6 Å². The molecule has 0 atom stereocenters. The molecular weight excluding hydrogens is 475 g/mol. The topological polar surface area (TPSA) is 117 Å². The van der Waals surface area contributed by atoms with Gasteiger partial charge in [0.25, 0.3) is 11.5 Å². The van der Waals surface area contributed by atoms with E-state index >= 15 is 0 Å². The number of aliphatic hydroxyl groups excluding tert-OH is 1. The first-order valence-electron chi connectivity index (χ1n) is 11.5. The monoisotopic (exact) mass is 504 g/mol. The lowest BCUT2D eigenvalue weighted by atomic mass is 9.98. The Balaban J connectivity index is 1.34. The number of nitrogens with zero attached hydrogens (tertiary/aromatic N) is 2. The van der Waals surface area contributed by atoms with Crippen molar-refractivity contribution >= 4 is 27.5 Å². The van der Waals surface area contributed by atoms with E-state index in [1.807, 2.05) is 5.38 Å². The van der Waals surface area contributed by atoms with Crippen LogP contribution >= 0.6 is 11.3 Å². The zero-order valence-electron chi connectivity index (χ0n) is 19.5. The summed E-state index contributed by atoms with van der Waals surface area (Å²) in [5.41, 5.74) is 1.01. The highest BCUT2D eigenvalue weighted by atomic mass is 32.1. The van der Waals surface area contributed by atoms with Crippen molar-refractivity contribution in [3.05, 3.63) is 56.7 Å². The van der Waals surface area contributed by atoms with E-state index in [2.05, 4.69) is 20.2 Å². The number of H-pyrrole nitrogens is 1. The number of aromatic nitrogens is 2. The SMILES string of the molecule is COc1cc(CNC(=O)c2nc3scc(COCC4CCN(CCO)CC4)c3c(=O)[nH]2)ccc1F. The standard InChI is InChI=1S/C24H29FN4O5S/c1-33-19-10-16(2-3-18(19)25)11-26-23(32)21-27-22(31)20-17(14-35-24(20)28-21)13-34-12-15-4-6-29(7-5-15)8-9-30/h2-3,10,14-15,30H,4-9,11-13H2,1H3,(H,26,32)(H,27,28,31). The minimum atomic E-state index is -0.536. The van der Waals surface area contributed by atoms with Crippen LogP contribution in [-0.4, -0.2) is 65.8 Å². The van der Waals surface area contributed by atoms with Gasteiger partial charge in [0, 0.05) is 25.3 Å². The summed E-state index contributed by atoms with van der Waals surface area (Å²) in [6.45, 7) is 3.86. The quantitative estimate of drug-likeness (QED) is 0.388. The van der Waals surface area contributed by atoms with Gasteiger partial charge in [-0.05, 0) is 54.9 Å². The van der Waals surface area contributed by atoms with Gasteiger partial charge in [0.1, 0.15) is 4.83 Å². The van der Waals surface area contributed by atoms with E-state index in [0.717, 1.165) is 31.5 Å². The number of hydrogen-bond acceptors (Lipinski definition) is 8. The van der Waals surface area contributed by atoms with Gasteiger partial charge in [0.05, 0.1) is 25.7 Å². The van der Waals surface area contributed by atoms with E-state index in [0.29, 0.717) is 41.5 Å². The van der Waals surface area contributed by atoms with Crippen LogP contribution in [0.25, 0.3) is 10.2 Å². The van der Waals surface area contributed by atoms with Gasteiger partial charge in [-0.2, -0.15) is 0 Å². The maximum atomic E-state index is 13.6. The molecule has 188 valence electrons. The van der Waals surface area contributed by atoms with Gasteiger partial charge in [-0.3, -0.25) is 9.59 Å². The van der Waals surface area contributed by atoms with Crippen LogP contribution in [0.5, 0.6) is 5.75 Å². The van der Waals surface area contributed by atoms with Gasteiger partial charge >= 0.3 is 0 Å². The zero-order valence-corrected chi connectivity index (χ0v) is 20.3. The van der Waals surface area contributed by atoms with Crippen molar-refractivity contribution in [3.8, 4) is 5.75 Å². The van der Waals surface area contributed by atoms with Gasteiger partial charge in [-0.25, -0.2) is 9.37 Å². The molecule has 11 heteroatoms. The normalized spacial score (nSPS) is 14.9. The van der Waals surface area contributed by atoms with Crippen molar-refractivity contribution in [1.82, 2.24) is 20.2 Å². The molecule has 3 heterocycles. The minimum Gasteiger partial charge on any atom is -0.494 e. The number of β-amino-alcohol motifs (C(OH)–C–C–N with tert-alkyl or cyclic N) is 1. The maximum absolute atomic E-state index is 13.6. The minimum absolute atomic E-state index is 0.0828. The van der Waals surface area contributed by atoms with Crippen molar-refractivity contribution < 1.29 is 23.8 Å². The molecule has 1 aromatic carbocycles. The number of benzene rings is 1. The molecule has 9 nitrogen and oxygen atoms in total. The first kappa shape index (κ1) is 25.2. The highest BCUT2D eigenvalue weighted by molar-refractivity contribution is 7.16. The zero-order chi connectivity index (χ0) is 24.8. The summed E-state index contributed by atoms with van der Waals surface area (Å²) in [4.78, 5) is 34.9. The van der Waals surface area contributed by atoms with Crippen molar-refractivity contribution in [3.63, 3.8) is 0 Å². The lowest BCUT2D eigenvalue weighted by Gasteiger charge is -2.31. The number of nitrogens with one attached hydrogen (secondary N) is 2. The van der Waals surface area contributed by atoms with Crippen LogP contribution in [0.3, 0.4) is 0 Å². The average Bonchev–Trinajstić information content (AvgIpc) is 3.28. The number of halogens is 1. The van der Waals surface area contributed by atoms with E-state index in [9.17, 15) is 14.0 Å². The molecule has 0 saturated carbocycles. The highest BCUT2D eigenvalue weighted by Gasteiger charge is 2.20. The first-order chi connectivity index (χ1) is 17.0. The average molecular weight is 505 g/mol. The molecule has 3 aromatic rings. The van der Waals surface area contributed by atoms with Crippen LogP contribution in [0.2, 0.25) is 0 Å². The lowest BCUT2D eigenvalue weighted by Crippen LogP contribution is -2.36. The van der Waals surface area contributed by atoms with Crippen molar-refractivity contribution in [2.45, 2.75) is 26.0 Å². The van der Waals surface area contributed by atoms with Gasteiger partial charge in [0.2, 0.25) is 5.82 Å². The number of likely N-dealkylation sites (tertiary alicyclic amines) is 1. The van der Waals surface area contributed by atoms with E-state index in [4.69, 9.17) is 14.6 Å². The number of thiophene rings is 1. The van der Waals surface area contributed by atoms with E-state index in [1.54, 1.807) is 6.07 Å². The Labute approximate surface area is 205 Å². The highest BCUT2D eigenvalue weighted by Crippen LogP contribution is 2.23. The van der Waals surface area contributed by atoms with Crippen LogP contribution < -0.4 is 15.6 Å². The number of carbonyl (C=O) groups is 1. The molecular formula is C24H29FN4O5S. The van der Waals surface area contributed by atoms with Crippen LogP contribution in [-0.2, 0) is 17.9 Å². The molecule has 35 heavy (non-hydrogen) atoms. The summed E-state index contributed by atoms with van der Waals surface area (Å²) >= 11 is 1.29. The predicted octanol–water partition coefficient (Wildman–Crippen LogP) is 2.28. The Morgan fingerprint density at radius 1 is 1.37 bits per heavy atom. The van der Waals surface area contributed by atoms with Gasteiger partial charge in [0.15, 0.2) is 11.6 Å². The molecule has 3 N–H and O–H groups in total. The summed E-state index contributed by atoms with van der Waals surface area (Å²) in [7, 11) is 1.37. The van der Waals surface area contributed by atoms with Crippen molar-refractivity contribution in [2.24, 2.45) is 5.92 Å². The van der Waals surface area contributed by atoms with E-state index < -0.39 is 11.7 Å². The second-order valence-electron chi connectivity index (χ2n) is 8.53. The molecule has 0 bridgehead atoms. The van der Waals surface area contributed by atoms with Gasteiger partial charge in [-0.15, -0.1) is 11.3 Å². The second kappa shape index (κ2) is 11.7. The summed E-state index contributed by atoms with van der Waals surface area (Å²) in [6, 6.07) is 4.31. The second-order valence-corrected chi connectivity index (χ2v) is 9.39. The molecule has 0 spiro atoms. The van der Waals surface area contributed by atoms with Crippen LogP contribution in [0.4, 0.5) is 4.39 Å². The number of ether oxygens (including phenoxy) is 2. The molecule has 1 saturated heterocycles. The van der Waals surface area contributed by atoms with E-state index in [-0.39, 0.29) is 30.3 Å². The molecule has 1 aliphatic rings. The number of methoxy groups -OCH3 is 1. The number of aromatic amines is 1. The van der Waals surface area contributed by atoms with Crippen LogP contribution in [0.1, 0.15) is 34.6 Å². The molecule has 1 fully saturated rings. The fourth-order valence-corrected chi connectivity index (χ4v) is 5.08. The Bertz CT molecular complexity index is 1220. The Hall–Kier alpha value is -2.86. The Morgan fingerprint density at radius 2 is 2.17 bits per heavy atom. The third-order valence-electron chi connectivity index (χ3n) is 6.14. The predicted molar refractivity (Wildman–Crippen MR) is 130 cm³/mol. The van der Waals surface area contributed by atoms with Crippen LogP contribution in [0, 0.1) is 11.7 Å². The Morgan fingerprint density at radius 3 is 2.91 bits per heavy atom. The molecule has 0 unspecified atom stereocenters. The largest absolute Gasteiger partial charge is 0.494 e. The number of rotatable bonds is 10. The fraction of sp³-hybridized carbons (Fsp3) is 0.458. The first-order valence-corrected chi connectivity index (χ1v) is 12.4. The van der Waals surface area contributed by atoms with Crippen molar-refractivity contribution in [2.75, 3.05) is 40.0 Å². The maximum Gasteiger partial charge on any atom is 0.287 e. The molecule has 2 aromatic heterocycles. The van der Waals surface area contributed by atoms with Crippen molar-refractivity contribution in [1.29, 1.82) is 0 Å². The third-order valence-corrected chi connectivity index (χ3v) is 7.06. The molecule has 0 aliphatic carbocycles. The Kier molecular flexibility index (Phi) is 8.45. The summed E-state index contributed by atoms with van der Waals surface area (Å²) in [5.74, 6) is -0.556. The van der Waals surface area contributed by atoms with Crippen LogP contribution in [0.15, 0.2) is 28.4 Å². The molecule has 0 radical (unpaired) electrons. The fourth-order valence-electron chi connectivity index (χ4n) is 4.15. The number of amides is 1. The summed E-state index contributed by atoms with van der Waals surface area (Å²) in [5, 5.41) is 14.0. The lowest BCUT2D eigenvalue weighted by molar-refractivity contribution is 0.0547. The molecule has 1 amide bonds.